The Kier molecular flexibility index (Phi) is 5.61. The zero-order chi connectivity index (χ0) is 18.9. The molecule has 3 rings (SSSR count). The first-order valence-corrected chi connectivity index (χ1v) is 10.9. The van der Waals surface area contributed by atoms with Crippen molar-refractivity contribution >= 4 is 9.84 Å². The second-order valence-electron chi connectivity index (χ2n) is 8.12. The minimum absolute atomic E-state index is 0.0392. The molecule has 0 spiro atoms. The van der Waals surface area contributed by atoms with Crippen LogP contribution in [0, 0.1) is 24.2 Å². The number of fused-ring (bicyclic) bond motifs is 1. The van der Waals surface area contributed by atoms with Gasteiger partial charge in [0.2, 0.25) is 9.84 Å². The molecule has 1 aromatic rings. The Hall–Kier alpha value is -1.17. The van der Waals surface area contributed by atoms with Crippen molar-refractivity contribution in [1.29, 1.82) is 0 Å². The van der Waals surface area contributed by atoms with E-state index >= 15 is 0 Å². The second-order valence-corrected chi connectivity index (χ2v) is 10.1. The highest BCUT2D eigenvalue weighted by Gasteiger charge is 2.50. The van der Waals surface area contributed by atoms with Gasteiger partial charge in [-0.3, -0.25) is 0 Å². The fraction of sp³-hybridized carbons (Fsp3) is 0.619. The molecule has 0 amide bonds. The van der Waals surface area contributed by atoms with E-state index in [0.717, 1.165) is 24.8 Å². The molecule has 0 heterocycles. The van der Waals surface area contributed by atoms with Crippen LogP contribution in [-0.4, -0.2) is 28.4 Å². The number of ether oxygens (including phenoxy) is 2. The topological polar surface area (TPSA) is 52.6 Å². The van der Waals surface area contributed by atoms with Crippen molar-refractivity contribution in [1.82, 2.24) is 0 Å². The smallest absolute Gasteiger partial charge is 0.202 e. The van der Waals surface area contributed by atoms with Gasteiger partial charge >= 0.3 is 0 Å². The van der Waals surface area contributed by atoms with Gasteiger partial charge < -0.3 is 9.47 Å². The third-order valence-electron chi connectivity index (χ3n) is 6.37. The van der Waals surface area contributed by atoms with Crippen molar-refractivity contribution in [3.05, 3.63) is 40.8 Å². The molecular weight excluding hydrogens is 348 g/mol. The van der Waals surface area contributed by atoms with Crippen molar-refractivity contribution in [3.8, 4) is 0 Å². The molecule has 5 heteroatoms. The quantitative estimate of drug-likeness (QED) is 0.709. The SMILES string of the molecule is COCO[C@H]1CC[C@H]2[C@@H](C)CC(S(=O)(=O)c3ccc(C)cc3)=CC[C@]12C. The lowest BCUT2D eigenvalue weighted by molar-refractivity contribution is -0.112. The number of benzene rings is 1. The summed E-state index contributed by atoms with van der Waals surface area (Å²) in [6.07, 6.45) is 5.51. The lowest BCUT2D eigenvalue weighted by Gasteiger charge is -2.37. The molecule has 1 aromatic carbocycles. The zero-order valence-corrected chi connectivity index (χ0v) is 17.0. The summed E-state index contributed by atoms with van der Waals surface area (Å²) in [5.41, 5.74) is 1.02. The molecule has 2 aliphatic carbocycles. The van der Waals surface area contributed by atoms with Crippen molar-refractivity contribution in [2.45, 2.75) is 57.5 Å². The van der Waals surface area contributed by atoms with Crippen LogP contribution in [-0.2, 0) is 19.3 Å². The molecule has 144 valence electrons. The van der Waals surface area contributed by atoms with Gasteiger partial charge in [-0.05, 0) is 56.6 Å². The first kappa shape index (κ1) is 19.6. The first-order valence-electron chi connectivity index (χ1n) is 9.40. The normalized spacial score (nSPS) is 32.0. The third kappa shape index (κ3) is 3.49. The largest absolute Gasteiger partial charge is 0.359 e. The molecule has 26 heavy (non-hydrogen) atoms. The summed E-state index contributed by atoms with van der Waals surface area (Å²) in [7, 11) is -1.80. The predicted molar refractivity (Wildman–Crippen MR) is 102 cm³/mol. The van der Waals surface area contributed by atoms with Gasteiger partial charge in [0.25, 0.3) is 0 Å². The standard InChI is InChI=1S/C21H30O4S/c1-15-5-7-17(8-6-15)26(22,23)18-11-12-21(3)19(16(2)13-18)9-10-20(21)25-14-24-4/h5-8,11,16,19-20H,9-10,12-14H2,1-4H3/t16-,19-,20-,21-/m0/s1. The zero-order valence-electron chi connectivity index (χ0n) is 16.2. The lowest BCUT2D eigenvalue weighted by atomic mass is 9.71. The predicted octanol–water partition coefficient (Wildman–Crippen LogP) is 4.49. The highest BCUT2D eigenvalue weighted by molar-refractivity contribution is 7.95. The molecular formula is C21H30O4S. The number of allylic oxidation sites excluding steroid dienone is 2. The molecule has 1 saturated carbocycles. The Balaban J connectivity index is 1.90. The summed E-state index contributed by atoms with van der Waals surface area (Å²) in [5.74, 6) is 0.774. The molecule has 4 nitrogen and oxygen atoms in total. The Morgan fingerprint density at radius 3 is 2.54 bits per heavy atom. The van der Waals surface area contributed by atoms with Gasteiger partial charge in [-0.25, -0.2) is 8.42 Å². The number of methoxy groups -OCH3 is 1. The maximum atomic E-state index is 13.2. The van der Waals surface area contributed by atoms with Gasteiger partial charge in [0.15, 0.2) is 0 Å². The Bertz CT molecular complexity index is 766. The number of aryl methyl sites for hydroxylation is 1. The number of hydrogen-bond acceptors (Lipinski definition) is 4. The van der Waals surface area contributed by atoms with E-state index in [1.807, 2.05) is 25.1 Å². The van der Waals surface area contributed by atoms with Crippen molar-refractivity contribution < 1.29 is 17.9 Å². The number of sulfone groups is 1. The Morgan fingerprint density at radius 2 is 1.88 bits per heavy atom. The minimum atomic E-state index is -3.43. The molecule has 0 bridgehead atoms. The van der Waals surface area contributed by atoms with Crippen LogP contribution in [0.5, 0.6) is 0 Å². The van der Waals surface area contributed by atoms with Crippen LogP contribution in [0.2, 0.25) is 0 Å². The van der Waals surface area contributed by atoms with Crippen LogP contribution in [0.25, 0.3) is 0 Å². The summed E-state index contributed by atoms with van der Waals surface area (Å²) in [5, 5.41) is 0. The molecule has 0 radical (unpaired) electrons. The molecule has 0 aromatic heterocycles. The van der Waals surface area contributed by atoms with Gasteiger partial charge in [0.05, 0.1) is 11.0 Å². The van der Waals surface area contributed by atoms with Crippen LogP contribution >= 0.6 is 0 Å². The molecule has 0 saturated heterocycles. The average molecular weight is 379 g/mol. The van der Waals surface area contributed by atoms with Crippen molar-refractivity contribution in [2.75, 3.05) is 13.9 Å². The molecule has 0 aliphatic heterocycles. The molecule has 4 atom stereocenters. The van der Waals surface area contributed by atoms with E-state index < -0.39 is 9.84 Å². The van der Waals surface area contributed by atoms with Crippen LogP contribution < -0.4 is 0 Å². The van der Waals surface area contributed by atoms with Crippen LogP contribution in [0.4, 0.5) is 0 Å². The van der Waals surface area contributed by atoms with E-state index in [1.54, 1.807) is 19.2 Å². The molecule has 1 fully saturated rings. The van der Waals surface area contributed by atoms with Gasteiger partial charge in [-0.1, -0.05) is 37.6 Å². The minimum Gasteiger partial charge on any atom is -0.359 e. The molecule has 0 unspecified atom stereocenters. The van der Waals surface area contributed by atoms with Crippen LogP contribution in [0.3, 0.4) is 0 Å². The van der Waals surface area contributed by atoms with E-state index in [4.69, 9.17) is 9.47 Å². The third-order valence-corrected chi connectivity index (χ3v) is 8.28. The summed E-state index contributed by atoms with van der Waals surface area (Å²) >= 11 is 0. The summed E-state index contributed by atoms with van der Waals surface area (Å²) in [6.45, 7) is 6.69. The Labute approximate surface area is 157 Å². The van der Waals surface area contributed by atoms with Crippen molar-refractivity contribution in [2.24, 2.45) is 17.3 Å². The highest BCUT2D eigenvalue weighted by atomic mass is 32.2. The average Bonchev–Trinajstić information content (AvgIpc) is 2.86. The van der Waals surface area contributed by atoms with Gasteiger partial charge in [-0.2, -0.15) is 0 Å². The van der Waals surface area contributed by atoms with E-state index in [-0.39, 0.29) is 11.5 Å². The maximum Gasteiger partial charge on any atom is 0.202 e. The molecule has 2 aliphatic rings. The monoisotopic (exact) mass is 378 g/mol. The van der Waals surface area contributed by atoms with Crippen LogP contribution in [0.1, 0.15) is 45.1 Å². The maximum absolute atomic E-state index is 13.2. The second kappa shape index (κ2) is 7.45. The summed E-state index contributed by atoms with van der Waals surface area (Å²) in [6, 6.07) is 7.15. The van der Waals surface area contributed by atoms with Crippen molar-refractivity contribution in [3.63, 3.8) is 0 Å². The number of rotatable bonds is 5. The van der Waals surface area contributed by atoms with Crippen LogP contribution in [0.15, 0.2) is 40.1 Å². The van der Waals surface area contributed by atoms with E-state index in [2.05, 4.69) is 13.8 Å². The van der Waals surface area contributed by atoms with E-state index in [0.29, 0.717) is 34.9 Å². The summed E-state index contributed by atoms with van der Waals surface area (Å²) in [4.78, 5) is 0.959. The summed E-state index contributed by atoms with van der Waals surface area (Å²) < 4.78 is 37.4. The van der Waals surface area contributed by atoms with E-state index in [9.17, 15) is 8.42 Å². The van der Waals surface area contributed by atoms with E-state index in [1.165, 1.54) is 0 Å². The Morgan fingerprint density at radius 1 is 1.19 bits per heavy atom. The lowest BCUT2D eigenvalue weighted by Crippen LogP contribution is -2.36. The fourth-order valence-electron chi connectivity index (χ4n) is 4.84. The van der Waals surface area contributed by atoms with Gasteiger partial charge in [0.1, 0.15) is 6.79 Å². The first-order chi connectivity index (χ1) is 12.3. The van der Waals surface area contributed by atoms with Gasteiger partial charge in [-0.15, -0.1) is 0 Å². The molecule has 0 N–H and O–H groups in total. The highest BCUT2D eigenvalue weighted by Crippen LogP contribution is 2.54. The fourth-order valence-corrected chi connectivity index (χ4v) is 6.42. The van der Waals surface area contributed by atoms with Gasteiger partial charge in [0, 0.05) is 17.4 Å². The number of hydrogen-bond donors (Lipinski definition) is 0.